The summed E-state index contributed by atoms with van der Waals surface area (Å²) in [5.41, 5.74) is 0. The molecule has 0 fully saturated rings. The maximum Gasteiger partial charge on any atom is 0.513 e. The van der Waals surface area contributed by atoms with Crippen molar-refractivity contribution in [1.82, 2.24) is 0 Å². The van der Waals surface area contributed by atoms with Crippen LogP contribution >= 0.6 is 0 Å². The van der Waals surface area contributed by atoms with Crippen LogP contribution in [0.1, 0.15) is 6.42 Å². The Morgan fingerprint density at radius 1 is 1.11 bits per heavy atom. The van der Waals surface area contributed by atoms with Crippen LogP contribution in [0.2, 0.25) is 0 Å². The minimum atomic E-state index is -1.35. The molecule has 2 N–H and O–H groups in total. The molecule has 0 aliphatic rings. The summed E-state index contributed by atoms with van der Waals surface area (Å²) in [7, 11) is 0. The smallest absolute Gasteiger partial charge is 0.481 e. The number of benzene rings is 1. The summed E-state index contributed by atoms with van der Waals surface area (Å²) in [5.74, 6) is -3.69. The Bertz CT molecular complexity index is 454. The van der Waals surface area contributed by atoms with Crippen molar-refractivity contribution in [1.29, 1.82) is 0 Å². The molecule has 0 heterocycles. The van der Waals surface area contributed by atoms with Crippen LogP contribution in [-0.2, 0) is 14.3 Å². The number of rotatable bonds is 6. The number of carboxylic acids is 2. The number of carboxylic acid groups (broad SMARTS) is 2. The SMILES string of the molecule is O=C(O)CC(COC(=O)Oc1ccccc1)C(=O)O. The number of para-hydroxylation sites is 1. The average Bonchev–Trinajstić information content (AvgIpc) is 2.35. The predicted molar refractivity (Wildman–Crippen MR) is 61.8 cm³/mol. The predicted octanol–water partition coefficient (Wildman–Crippen LogP) is 1.38. The van der Waals surface area contributed by atoms with Crippen LogP contribution in [0.5, 0.6) is 5.75 Å². The van der Waals surface area contributed by atoms with Crippen molar-refractivity contribution < 1.29 is 34.1 Å². The minimum absolute atomic E-state index is 0.248. The summed E-state index contributed by atoms with van der Waals surface area (Å²) in [6.45, 7) is -0.562. The maximum absolute atomic E-state index is 11.2. The fourth-order valence-corrected chi connectivity index (χ4v) is 1.21. The van der Waals surface area contributed by atoms with Crippen LogP contribution in [0.15, 0.2) is 30.3 Å². The van der Waals surface area contributed by atoms with Gasteiger partial charge in [0.15, 0.2) is 0 Å². The van der Waals surface area contributed by atoms with E-state index in [4.69, 9.17) is 14.9 Å². The van der Waals surface area contributed by atoms with E-state index in [-0.39, 0.29) is 5.75 Å². The Balaban J connectivity index is 2.44. The Kier molecular flexibility index (Phi) is 5.34. The summed E-state index contributed by atoms with van der Waals surface area (Å²) >= 11 is 0. The molecule has 0 aliphatic heterocycles. The highest BCUT2D eigenvalue weighted by atomic mass is 16.7. The van der Waals surface area contributed by atoms with Gasteiger partial charge in [0.1, 0.15) is 18.3 Å². The van der Waals surface area contributed by atoms with Crippen LogP contribution in [0, 0.1) is 5.92 Å². The van der Waals surface area contributed by atoms with Gasteiger partial charge in [-0.05, 0) is 12.1 Å². The minimum Gasteiger partial charge on any atom is -0.481 e. The Morgan fingerprint density at radius 2 is 1.74 bits per heavy atom. The molecule has 0 bridgehead atoms. The molecule has 0 saturated carbocycles. The topological polar surface area (TPSA) is 110 Å². The van der Waals surface area contributed by atoms with Crippen molar-refractivity contribution in [3.8, 4) is 5.75 Å². The summed E-state index contributed by atoms with van der Waals surface area (Å²) in [4.78, 5) is 32.4. The van der Waals surface area contributed by atoms with Crippen LogP contribution in [0.3, 0.4) is 0 Å². The third-order valence-corrected chi connectivity index (χ3v) is 2.12. The number of hydrogen-bond donors (Lipinski definition) is 2. The third kappa shape index (κ3) is 5.53. The first kappa shape index (κ1) is 14.5. The molecule has 1 unspecified atom stereocenters. The molecule has 0 spiro atoms. The number of ether oxygens (including phenoxy) is 2. The molecule has 0 aliphatic carbocycles. The summed E-state index contributed by atoms with van der Waals surface area (Å²) < 4.78 is 9.31. The van der Waals surface area contributed by atoms with E-state index in [1.807, 2.05) is 0 Å². The molecule has 1 rings (SSSR count). The highest BCUT2D eigenvalue weighted by Crippen LogP contribution is 2.10. The number of carbonyl (C=O) groups excluding carboxylic acids is 1. The van der Waals surface area contributed by atoms with Crippen molar-refractivity contribution in [3.63, 3.8) is 0 Å². The molecule has 7 heteroatoms. The summed E-state index contributed by atoms with van der Waals surface area (Å²) in [6, 6.07) is 8.06. The van der Waals surface area contributed by atoms with Crippen molar-refractivity contribution in [2.24, 2.45) is 5.92 Å². The first-order valence-corrected chi connectivity index (χ1v) is 5.33. The van der Waals surface area contributed by atoms with Gasteiger partial charge in [0.2, 0.25) is 0 Å². The largest absolute Gasteiger partial charge is 0.513 e. The van der Waals surface area contributed by atoms with Crippen molar-refractivity contribution in [2.45, 2.75) is 6.42 Å². The van der Waals surface area contributed by atoms with E-state index in [9.17, 15) is 14.4 Å². The van der Waals surface area contributed by atoms with E-state index in [1.165, 1.54) is 12.1 Å². The Hall–Kier alpha value is -2.57. The second-order valence-corrected chi connectivity index (χ2v) is 3.61. The van der Waals surface area contributed by atoms with Gasteiger partial charge in [0.05, 0.1) is 6.42 Å². The molecule has 7 nitrogen and oxygen atoms in total. The van der Waals surface area contributed by atoms with E-state index in [1.54, 1.807) is 18.2 Å². The Labute approximate surface area is 108 Å². The lowest BCUT2D eigenvalue weighted by Crippen LogP contribution is -2.25. The quantitative estimate of drug-likeness (QED) is 0.592. The lowest BCUT2D eigenvalue weighted by atomic mass is 10.1. The van der Waals surface area contributed by atoms with Crippen LogP contribution < -0.4 is 4.74 Å². The standard InChI is InChI=1S/C12H12O7/c13-10(14)6-8(11(15)16)7-18-12(17)19-9-4-2-1-3-5-9/h1-5,8H,6-7H2,(H,13,14)(H,15,16). The molecular formula is C12H12O7. The fraction of sp³-hybridized carbons (Fsp3) is 0.250. The van der Waals surface area contributed by atoms with Gasteiger partial charge in [-0.25, -0.2) is 4.79 Å². The third-order valence-electron chi connectivity index (χ3n) is 2.12. The molecule has 0 aromatic heterocycles. The van der Waals surface area contributed by atoms with Gasteiger partial charge in [-0.2, -0.15) is 0 Å². The molecule has 102 valence electrons. The van der Waals surface area contributed by atoms with E-state index < -0.39 is 37.0 Å². The molecule has 1 atom stereocenters. The first-order valence-electron chi connectivity index (χ1n) is 5.33. The number of aliphatic carboxylic acids is 2. The molecule has 0 radical (unpaired) electrons. The van der Waals surface area contributed by atoms with Crippen LogP contribution in [-0.4, -0.2) is 34.9 Å². The molecule has 19 heavy (non-hydrogen) atoms. The fourth-order valence-electron chi connectivity index (χ4n) is 1.21. The highest BCUT2D eigenvalue weighted by Gasteiger charge is 2.23. The lowest BCUT2D eigenvalue weighted by Gasteiger charge is -2.10. The van der Waals surface area contributed by atoms with Crippen molar-refractivity contribution in [2.75, 3.05) is 6.61 Å². The first-order chi connectivity index (χ1) is 8.99. The maximum atomic E-state index is 11.2. The summed E-state index contributed by atoms with van der Waals surface area (Å²) in [5, 5.41) is 17.2. The highest BCUT2D eigenvalue weighted by molar-refractivity contribution is 5.78. The zero-order chi connectivity index (χ0) is 14.3. The van der Waals surface area contributed by atoms with Gasteiger partial charge in [-0.15, -0.1) is 0 Å². The monoisotopic (exact) mass is 268 g/mol. The van der Waals surface area contributed by atoms with Gasteiger partial charge in [-0.1, -0.05) is 18.2 Å². The molecule has 1 aromatic carbocycles. The zero-order valence-corrected chi connectivity index (χ0v) is 9.81. The van der Waals surface area contributed by atoms with Crippen molar-refractivity contribution >= 4 is 18.1 Å². The molecule has 0 amide bonds. The van der Waals surface area contributed by atoms with E-state index in [0.29, 0.717) is 0 Å². The van der Waals surface area contributed by atoms with Crippen LogP contribution in [0.25, 0.3) is 0 Å². The average molecular weight is 268 g/mol. The van der Waals surface area contributed by atoms with E-state index in [2.05, 4.69) is 4.74 Å². The van der Waals surface area contributed by atoms with E-state index in [0.717, 1.165) is 0 Å². The normalized spacial score (nSPS) is 11.4. The zero-order valence-electron chi connectivity index (χ0n) is 9.81. The van der Waals surface area contributed by atoms with Gasteiger partial charge in [0.25, 0.3) is 0 Å². The van der Waals surface area contributed by atoms with Crippen LogP contribution in [0.4, 0.5) is 4.79 Å². The van der Waals surface area contributed by atoms with Crippen molar-refractivity contribution in [3.05, 3.63) is 30.3 Å². The summed E-state index contributed by atoms with van der Waals surface area (Å²) in [6.07, 6.45) is -1.71. The van der Waals surface area contributed by atoms with Gasteiger partial charge < -0.3 is 19.7 Å². The molecule has 0 saturated heterocycles. The van der Waals surface area contributed by atoms with Gasteiger partial charge in [-0.3, -0.25) is 9.59 Å². The number of hydrogen-bond acceptors (Lipinski definition) is 5. The van der Waals surface area contributed by atoms with Gasteiger partial charge >= 0.3 is 18.1 Å². The lowest BCUT2D eigenvalue weighted by molar-refractivity contribution is -0.149. The van der Waals surface area contributed by atoms with Gasteiger partial charge in [0, 0.05) is 0 Å². The second-order valence-electron chi connectivity index (χ2n) is 3.61. The van der Waals surface area contributed by atoms with E-state index >= 15 is 0 Å². The number of carbonyl (C=O) groups is 3. The second kappa shape index (κ2) is 7.00. The molecule has 1 aromatic rings. The molecular weight excluding hydrogens is 256 g/mol. The Morgan fingerprint density at radius 3 is 2.26 bits per heavy atom.